The third-order valence-corrected chi connectivity index (χ3v) is 4.50. The molecule has 1 rings (SSSR count). The molecule has 0 aliphatic carbocycles. The van der Waals surface area contributed by atoms with Gasteiger partial charge in [-0.2, -0.15) is 0 Å². The van der Waals surface area contributed by atoms with Crippen molar-refractivity contribution in [2.75, 3.05) is 20.0 Å². The van der Waals surface area contributed by atoms with Gasteiger partial charge in [0.25, 0.3) is 0 Å². The maximum Gasteiger partial charge on any atom is 0.339 e. The summed E-state index contributed by atoms with van der Waals surface area (Å²) in [4.78, 5) is 11.0. The van der Waals surface area contributed by atoms with Crippen LogP contribution in [0.4, 0.5) is 0 Å². The van der Waals surface area contributed by atoms with E-state index >= 15 is 0 Å². The highest BCUT2D eigenvalue weighted by Crippen LogP contribution is 2.23. The van der Waals surface area contributed by atoms with Crippen LogP contribution in [-0.4, -0.2) is 45.6 Å². The molecule has 1 aromatic carbocycles. The lowest BCUT2D eigenvalue weighted by atomic mass is 10.2. The molecule has 1 aromatic rings. The first-order valence-corrected chi connectivity index (χ1v) is 7.14. The Labute approximate surface area is 111 Å². The molecule has 1 atom stereocenters. The Bertz CT molecular complexity index is 564. The zero-order chi connectivity index (χ0) is 14.6. The summed E-state index contributed by atoms with van der Waals surface area (Å²) in [6.07, 6.45) is -0.472. The molecule has 0 saturated heterocycles. The molecule has 0 fully saturated rings. The summed E-state index contributed by atoms with van der Waals surface area (Å²) >= 11 is 0. The molecule has 19 heavy (non-hydrogen) atoms. The van der Waals surface area contributed by atoms with Crippen LogP contribution in [0.2, 0.25) is 0 Å². The van der Waals surface area contributed by atoms with Crippen LogP contribution in [0.15, 0.2) is 23.1 Å². The summed E-state index contributed by atoms with van der Waals surface area (Å²) in [5.41, 5.74) is -0.186. The van der Waals surface area contributed by atoms with Crippen LogP contribution in [-0.2, 0) is 14.6 Å². The highest BCUT2D eigenvalue weighted by molar-refractivity contribution is 7.91. The van der Waals surface area contributed by atoms with Gasteiger partial charge in [0.05, 0.1) is 23.9 Å². The van der Waals surface area contributed by atoms with Crippen molar-refractivity contribution in [1.82, 2.24) is 0 Å². The number of sulfone groups is 1. The van der Waals surface area contributed by atoms with E-state index in [4.69, 9.17) is 14.6 Å². The molecule has 1 N–H and O–H groups in total. The largest absolute Gasteiger partial charge is 0.496 e. The first kappa shape index (κ1) is 15.5. The fourth-order valence-electron chi connectivity index (χ4n) is 1.52. The Balaban J connectivity index is 3.22. The topological polar surface area (TPSA) is 89.9 Å². The molecular weight excluding hydrogens is 272 g/mol. The van der Waals surface area contributed by atoms with Crippen molar-refractivity contribution in [3.05, 3.63) is 23.8 Å². The van der Waals surface area contributed by atoms with Gasteiger partial charge in [-0.25, -0.2) is 13.2 Å². The van der Waals surface area contributed by atoms with Crippen molar-refractivity contribution < 1.29 is 27.8 Å². The molecule has 1 unspecified atom stereocenters. The van der Waals surface area contributed by atoms with Gasteiger partial charge in [-0.1, -0.05) is 0 Å². The van der Waals surface area contributed by atoms with Gasteiger partial charge in [0.1, 0.15) is 11.3 Å². The third-order valence-electron chi connectivity index (χ3n) is 2.62. The first-order valence-electron chi connectivity index (χ1n) is 5.48. The Morgan fingerprint density at radius 1 is 1.37 bits per heavy atom. The molecular formula is C12H16O6S. The summed E-state index contributed by atoms with van der Waals surface area (Å²) in [6.45, 7) is 1.62. The van der Waals surface area contributed by atoms with Gasteiger partial charge < -0.3 is 14.6 Å². The van der Waals surface area contributed by atoms with Crippen molar-refractivity contribution in [2.24, 2.45) is 0 Å². The van der Waals surface area contributed by atoms with Crippen molar-refractivity contribution in [1.29, 1.82) is 0 Å². The minimum atomic E-state index is -3.60. The van der Waals surface area contributed by atoms with Crippen LogP contribution in [0.3, 0.4) is 0 Å². The summed E-state index contributed by atoms with van der Waals surface area (Å²) in [6, 6.07) is 3.75. The summed E-state index contributed by atoms with van der Waals surface area (Å²) in [5.74, 6) is -1.34. The van der Waals surface area contributed by atoms with E-state index in [0.29, 0.717) is 0 Å². The Morgan fingerprint density at radius 2 is 2.00 bits per heavy atom. The van der Waals surface area contributed by atoms with Gasteiger partial charge in [0, 0.05) is 7.11 Å². The van der Waals surface area contributed by atoms with Crippen molar-refractivity contribution in [2.45, 2.75) is 17.9 Å². The van der Waals surface area contributed by atoms with Crippen LogP contribution < -0.4 is 4.74 Å². The van der Waals surface area contributed by atoms with Gasteiger partial charge in [0.2, 0.25) is 0 Å². The lowest BCUT2D eigenvalue weighted by molar-refractivity contribution is 0.0693. The average molecular weight is 288 g/mol. The van der Waals surface area contributed by atoms with E-state index in [9.17, 15) is 13.2 Å². The Morgan fingerprint density at radius 3 is 2.47 bits per heavy atom. The number of hydrogen-bond donors (Lipinski definition) is 1. The SMILES string of the molecule is COc1ccc(S(=O)(=O)CC(C)OC)cc1C(=O)O. The van der Waals surface area contributed by atoms with Gasteiger partial charge >= 0.3 is 5.97 Å². The molecule has 0 aliphatic heterocycles. The first-order chi connectivity index (χ1) is 8.81. The molecule has 0 aromatic heterocycles. The molecule has 0 saturated carbocycles. The molecule has 0 spiro atoms. The number of hydrogen-bond acceptors (Lipinski definition) is 5. The fraction of sp³-hybridized carbons (Fsp3) is 0.417. The van der Waals surface area contributed by atoms with Crippen LogP contribution in [0, 0.1) is 0 Å². The number of carboxylic acids is 1. The summed E-state index contributed by atoms with van der Waals surface area (Å²) in [7, 11) is -0.861. The highest BCUT2D eigenvalue weighted by atomic mass is 32.2. The lowest BCUT2D eigenvalue weighted by Gasteiger charge is -2.12. The summed E-state index contributed by atoms with van der Waals surface area (Å²) < 4.78 is 33.9. The normalized spacial score (nSPS) is 13.0. The number of benzene rings is 1. The number of carboxylic acid groups (broad SMARTS) is 1. The number of rotatable bonds is 6. The second-order valence-corrected chi connectivity index (χ2v) is 6.03. The zero-order valence-electron chi connectivity index (χ0n) is 10.9. The molecule has 0 aliphatic rings. The average Bonchev–Trinajstić information content (AvgIpc) is 2.37. The van der Waals surface area contributed by atoms with Crippen molar-refractivity contribution in [3.63, 3.8) is 0 Å². The second-order valence-electron chi connectivity index (χ2n) is 3.99. The van der Waals surface area contributed by atoms with E-state index in [-0.39, 0.29) is 22.0 Å². The molecule has 7 heteroatoms. The molecule has 0 radical (unpaired) electrons. The van der Waals surface area contributed by atoms with Crippen LogP contribution >= 0.6 is 0 Å². The minimum absolute atomic E-state index is 0.0606. The molecule has 6 nitrogen and oxygen atoms in total. The van der Waals surface area contributed by atoms with E-state index in [1.54, 1.807) is 6.92 Å². The molecule has 0 amide bonds. The van der Waals surface area contributed by atoms with Crippen molar-refractivity contribution >= 4 is 15.8 Å². The minimum Gasteiger partial charge on any atom is -0.496 e. The number of methoxy groups -OCH3 is 2. The van der Waals surface area contributed by atoms with E-state index < -0.39 is 21.9 Å². The Kier molecular flexibility index (Phi) is 4.90. The lowest BCUT2D eigenvalue weighted by Crippen LogP contribution is -2.20. The quantitative estimate of drug-likeness (QED) is 0.846. The van der Waals surface area contributed by atoms with Gasteiger partial charge in [-0.3, -0.25) is 0 Å². The standard InChI is InChI=1S/C12H16O6S/c1-8(17-2)7-19(15,16)9-4-5-11(18-3)10(6-9)12(13)14/h4-6,8H,7H2,1-3H3,(H,13,14). The van der Waals surface area contributed by atoms with E-state index in [2.05, 4.69) is 0 Å². The van der Waals surface area contributed by atoms with Crippen LogP contribution in [0.1, 0.15) is 17.3 Å². The van der Waals surface area contributed by atoms with Crippen LogP contribution in [0.5, 0.6) is 5.75 Å². The predicted molar refractivity (Wildman–Crippen MR) is 68.5 cm³/mol. The fourth-order valence-corrected chi connectivity index (χ4v) is 3.04. The van der Waals surface area contributed by atoms with E-state index in [0.717, 1.165) is 6.07 Å². The van der Waals surface area contributed by atoms with Crippen molar-refractivity contribution in [3.8, 4) is 5.75 Å². The molecule has 106 valence electrons. The second kappa shape index (κ2) is 6.03. The maximum absolute atomic E-state index is 12.1. The zero-order valence-corrected chi connectivity index (χ0v) is 11.7. The number of carbonyl (C=O) groups is 1. The monoisotopic (exact) mass is 288 g/mol. The van der Waals surface area contributed by atoms with Gasteiger partial charge in [0.15, 0.2) is 9.84 Å². The number of aromatic carboxylic acids is 1. The van der Waals surface area contributed by atoms with E-state index in [1.165, 1.54) is 26.4 Å². The Hall–Kier alpha value is -1.60. The van der Waals surface area contributed by atoms with E-state index in [1.807, 2.05) is 0 Å². The number of ether oxygens (including phenoxy) is 2. The predicted octanol–water partition coefficient (Wildman–Crippen LogP) is 1.20. The molecule has 0 bridgehead atoms. The van der Waals surface area contributed by atoms with Gasteiger partial charge in [-0.05, 0) is 25.1 Å². The maximum atomic E-state index is 12.1. The third kappa shape index (κ3) is 3.68. The molecule has 0 heterocycles. The van der Waals surface area contributed by atoms with Gasteiger partial charge in [-0.15, -0.1) is 0 Å². The highest BCUT2D eigenvalue weighted by Gasteiger charge is 2.21. The smallest absolute Gasteiger partial charge is 0.339 e. The van der Waals surface area contributed by atoms with Crippen LogP contribution in [0.25, 0.3) is 0 Å². The summed E-state index contributed by atoms with van der Waals surface area (Å²) in [5, 5.41) is 9.02.